The maximum atomic E-state index is 9.78. The highest BCUT2D eigenvalue weighted by Gasteiger charge is 2.16. The second-order valence-corrected chi connectivity index (χ2v) is 7.26. The first-order chi connectivity index (χ1) is 13.8. The van der Waals surface area contributed by atoms with Gasteiger partial charge >= 0.3 is 0 Å². The van der Waals surface area contributed by atoms with Gasteiger partial charge in [-0.25, -0.2) is 9.97 Å². The molecule has 0 aliphatic heterocycles. The molecule has 0 spiro atoms. The predicted octanol–water partition coefficient (Wildman–Crippen LogP) is 3.63. The molecule has 0 radical (unpaired) electrons. The van der Waals surface area contributed by atoms with Crippen molar-refractivity contribution in [3.8, 4) is 22.5 Å². The van der Waals surface area contributed by atoms with E-state index in [0.29, 0.717) is 6.04 Å². The molecule has 1 saturated carbocycles. The number of rotatable bonds is 5. The van der Waals surface area contributed by atoms with E-state index < -0.39 is 0 Å². The average molecular weight is 374 g/mol. The quantitative estimate of drug-likeness (QED) is 0.496. The molecular formula is C21H22N6O. The zero-order valence-corrected chi connectivity index (χ0v) is 15.5. The number of hydrogen-bond donors (Lipinski definition) is 3. The molecule has 7 nitrogen and oxygen atoms in total. The van der Waals surface area contributed by atoms with E-state index in [2.05, 4.69) is 20.5 Å². The van der Waals surface area contributed by atoms with Gasteiger partial charge in [-0.3, -0.25) is 9.50 Å². The molecule has 1 fully saturated rings. The van der Waals surface area contributed by atoms with Crippen LogP contribution < -0.4 is 5.32 Å². The molecule has 0 amide bonds. The van der Waals surface area contributed by atoms with E-state index in [1.807, 2.05) is 47.3 Å². The zero-order chi connectivity index (χ0) is 18.9. The normalized spacial score (nSPS) is 14.8. The van der Waals surface area contributed by atoms with Crippen molar-refractivity contribution in [1.82, 2.24) is 24.6 Å². The van der Waals surface area contributed by atoms with Gasteiger partial charge in [-0.05, 0) is 36.6 Å². The molecule has 28 heavy (non-hydrogen) atoms. The molecule has 1 aliphatic rings. The van der Waals surface area contributed by atoms with Crippen LogP contribution in [0.25, 0.3) is 28.2 Å². The lowest BCUT2D eigenvalue weighted by Crippen LogP contribution is -2.15. The molecule has 4 aromatic heterocycles. The van der Waals surface area contributed by atoms with E-state index in [-0.39, 0.29) is 6.61 Å². The molecule has 3 N–H and O–H groups in total. The molecule has 0 bridgehead atoms. The third kappa shape index (κ3) is 3.03. The minimum absolute atomic E-state index is 0.0573. The first kappa shape index (κ1) is 16.9. The molecule has 0 saturated heterocycles. The summed E-state index contributed by atoms with van der Waals surface area (Å²) in [7, 11) is 0. The van der Waals surface area contributed by atoms with Gasteiger partial charge in [0.2, 0.25) is 0 Å². The van der Waals surface area contributed by atoms with Gasteiger partial charge in [0.1, 0.15) is 11.5 Å². The lowest BCUT2D eigenvalue weighted by molar-refractivity contribution is 0.282. The number of pyridine rings is 2. The van der Waals surface area contributed by atoms with Crippen LogP contribution in [0.1, 0.15) is 31.2 Å². The van der Waals surface area contributed by atoms with Crippen LogP contribution in [0.3, 0.4) is 0 Å². The first-order valence-corrected chi connectivity index (χ1v) is 9.66. The number of aliphatic hydroxyl groups excluding tert-OH is 1. The molecule has 142 valence electrons. The van der Waals surface area contributed by atoms with Crippen molar-refractivity contribution in [3.05, 3.63) is 54.6 Å². The molecule has 4 aromatic rings. The van der Waals surface area contributed by atoms with Crippen LogP contribution in [0.2, 0.25) is 0 Å². The van der Waals surface area contributed by atoms with Gasteiger partial charge in [-0.2, -0.15) is 5.10 Å². The number of H-pyrrole nitrogens is 1. The number of aromatic amines is 1. The molecule has 7 heteroatoms. The van der Waals surface area contributed by atoms with Gasteiger partial charge in [-0.15, -0.1) is 0 Å². The number of hydrogen-bond acceptors (Lipinski definition) is 5. The lowest BCUT2D eigenvalue weighted by atomic mass is 10.1. The maximum Gasteiger partial charge on any atom is 0.137 e. The van der Waals surface area contributed by atoms with Gasteiger partial charge in [-0.1, -0.05) is 18.9 Å². The Morgan fingerprint density at radius 2 is 2.11 bits per heavy atom. The van der Waals surface area contributed by atoms with E-state index >= 15 is 0 Å². The molecule has 0 atom stereocenters. The van der Waals surface area contributed by atoms with Gasteiger partial charge in [0.05, 0.1) is 30.4 Å². The number of nitrogens with zero attached hydrogens (tertiary/aromatic N) is 4. The van der Waals surface area contributed by atoms with Crippen molar-refractivity contribution in [1.29, 1.82) is 0 Å². The number of imidazole rings is 1. The number of anilines is 1. The number of fused-ring (bicyclic) bond motifs is 1. The summed E-state index contributed by atoms with van der Waals surface area (Å²) in [5.74, 6) is 0.904. The Labute approximate surface area is 162 Å². The average Bonchev–Trinajstić information content (AvgIpc) is 3.48. The topological polar surface area (TPSA) is 91.1 Å². The Balaban J connectivity index is 1.57. The molecule has 0 unspecified atom stereocenters. The van der Waals surface area contributed by atoms with Crippen LogP contribution in [0.5, 0.6) is 0 Å². The summed E-state index contributed by atoms with van der Waals surface area (Å²) in [6.45, 7) is -0.0573. The second kappa shape index (κ2) is 7.09. The van der Waals surface area contributed by atoms with Crippen LogP contribution in [0.15, 0.2) is 49.1 Å². The predicted molar refractivity (Wildman–Crippen MR) is 108 cm³/mol. The number of aromatic nitrogens is 5. The highest BCUT2D eigenvalue weighted by molar-refractivity contribution is 5.71. The van der Waals surface area contributed by atoms with Crippen LogP contribution >= 0.6 is 0 Å². The van der Waals surface area contributed by atoms with Crippen LogP contribution in [0, 0.1) is 0 Å². The highest BCUT2D eigenvalue weighted by atomic mass is 16.3. The molecule has 4 heterocycles. The highest BCUT2D eigenvalue weighted by Crippen LogP contribution is 2.28. The molecule has 1 aliphatic carbocycles. The SMILES string of the molecule is OCc1cc2ncc(-c3cccc(NC4CCCC4)n3)n2cc1-c1cn[nH]c1. The summed E-state index contributed by atoms with van der Waals surface area (Å²) >= 11 is 0. The summed E-state index contributed by atoms with van der Waals surface area (Å²) < 4.78 is 2.02. The summed E-state index contributed by atoms with van der Waals surface area (Å²) in [6, 6.07) is 8.47. The molecule has 5 rings (SSSR count). The number of aliphatic hydroxyl groups is 1. The standard InChI is InChI=1S/C21H22N6O/c28-13-14-8-21-22-11-19(27(21)12-17(14)15-9-23-24-10-15)18-6-3-7-20(26-18)25-16-4-1-2-5-16/h3,6-12,16,28H,1-2,4-5,13H2,(H,23,24)(H,25,26). The van der Waals surface area contributed by atoms with Gasteiger partial charge in [0, 0.05) is 29.6 Å². The van der Waals surface area contributed by atoms with E-state index in [0.717, 1.165) is 39.5 Å². The Morgan fingerprint density at radius 1 is 1.21 bits per heavy atom. The Kier molecular flexibility index (Phi) is 4.29. The van der Waals surface area contributed by atoms with Crippen molar-refractivity contribution in [2.45, 2.75) is 38.3 Å². The lowest BCUT2D eigenvalue weighted by Gasteiger charge is -2.13. The van der Waals surface area contributed by atoms with Gasteiger partial charge in [0.15, 0.2) is 0 Å². The van der Waals surface area contributed by atoms with Crippen LogP contribution in [-0.4, -0.2) is 35.7 Å². The van der Waals surface area contributed by atoms with E-state index in [1.165, 1.54) is 25.7 Å². The van der Waals surface area contributed by atoms with Crippen molar-refractivity contribution in [3.63, 3.8) is 0 Å². The van der Waals surface area contributed by atoms with Crippen LogP contribution in [-0.2, 0) is 6.61 Å². The smallest absolute Gasteiger partial charge is 0.137 e. The second-order valence-electron chi connectivity index (χ2n) is 7.26. The van der Waals surface area contributed by atoms with Crippen molar-refractivity contribution >= 4 is 11.5 Å². The minimum Gasteiger partial charge on any atom is -0.392 e. The third-order valence-corrected chi connectivity index (χ3v) is 5.43. The summed E-state index contributed by atoms with van der Waals surface area (Å²) in [5, 5.41) is 20.2. The Morgan fingerprint density at radius 3 is 2.89 bits per heavy atom. The Hall–Kier alpha value is -3.19. The number of nitrogens with one attached hydrogen (secondary N) is 2. The maximum absolute atomic E-state index is 9.78. The largest absolute Gasteiger partial charge is 0.392 e. The molecular weight excluding hydrogens is 352 g/mol. The van der Waals surface area contributed by atoms with E-state index in [4.69, 9.17) is 4.98 Å². The third-order valence-electron chi connectivity index (χ3n) is 5.43. The Bertz CT molecular complexity index is 1100. The van der Waals surface area contributed by atoms with E-state index in [9.17, 15) is 5.11 Å². The van der Waals surface area contributed by atoms with Gasteiger partial charge in [0.25, 0.3) is 0 Å². The van der Waals surface area contributed by atoms with E-state index in [1.54, 1.807) is 6.20 Å². The van der Waals surface area contributed by atoms with Crippen molar-refractivity contribution in [2.75, 3.05) is 5.32 Å². The van der Waals surface area contributed by atoms with Crippen molar-refractivity contribution < 1.29 is 5.11 Å². The fourth-order valence-corrected chi connectivity index (χ4v) is 3.98. The fourth-order valence-electron chi connectivity index (χ4n) is 3.98. The summed E-state index contributed by atoms with van der Waals surface area (Å²) in [4.78, 5) is 9.35. The minimum atomic E-state index is -0.0573. The molecule has 0 aromatic carbocycles. The summed E-state index contributed by atoms with van der Waals surface area (Å²) in [6.07, 6.45) is 12.4. The zero-order valence-electron chi connectivity index (χ0n) is 15.5. The monoisotopic (exact) mass is 374 g/mol. The first-order valence-electron chi connectivity index (χ1n) is 9.66. The van der Waals surface area contributed by atoms with Gasteiger partial charge < -0.3 is 10.4 Å². The summed E-state index contributed by atoms with van der Waals surface area (Å²) in [5.41, 5.74) is 5.22. The fraction of sp³-hybridized carbons (Fsp3) is 0.286. The van der Waals surface area contributed by atoms with Crippen LogP contribution in [0.4, 0.5) is 5.82 Å². The van der Waals surface area contributed by atoms with Crippen molar-refractivity contribution in [2.24, 2.45) is 0 Å².